The average molecular weight is 368 g/mol. The van der Waals surface area contributed by atoms with Gasteiger partial charge in [-0.15, -0.1) is 0 Å². The van der Waals surface area contributed by atoms with Crippen LogP contribution in [0, 0.1) is 11.8 Å². The van der Waals surface area contributed by atoms with E-state index in [1.807, 2.05) is 42.6 Å². The van der Waals surface area contributed by atoms with Crippen molar-refractivity contribution in [3.05, 3.63) is 89.6 Å². The molecule has 3 aromatic rings. The van der Waals surface area contributed by atoms with Crippen LogP contribution in [-0.4, -0.2) is 36.1 Å². The van der Waals surface area contributed by atoms with Crippen LogP contribution in [0.25, 0.3) is 0 Å². The third kappa shape index (κ3) is 4.70. The van der Waals surface area contributed by atoms with Crippen molar-refractivity contribution in [1.82, 2.24) is 9.88 Å². The van der Waals surface area contributed by atoms with Crippen LogP contribution in [0.15, 0.2) is 72.9 Å². The Hall–Kier alpha value is -3.29. The Kier molecular flexibility index (Phi) is 5.56. The minimum absolute atomic E-state index is 0.741. The molecule has 0 unspecified atom stereocenters. The lowest BCUT2D eigenvalue weighted by molar-refractivity contribution is 0.249. The molecule has 140 valence electrons. The summed E-state index contributed by atoms with van der Waals surface area (Å²) in [4.78, 5) is 9.30. The Labute approximate surface area is 166 Å². The molecule has 0 saturated carbocycles. The van der Waals surface area contributed by atoms with Crippen molar-refractivity contribution in [2.75, 3.05) is 36.8 Å². The minimum atomic E-state index is 0.741. The standard InChI is InChI=1S/C24H24N4/c25-23-8-4-6-21(18-23)11-10-20-5-3-7-22(17-20)19-27-13-15-28(16-14-27)24-9-1-2-12-26-24/h1-9,12,17-18H,13-16,19,25H2. The lowest BCUT2D eigenvalue weighted by Crippen LogP contribution is -2.46. The first-order valence-electron chi connectivity index (χ1n) is 9.61. The van der Waals surface area contributed by atoms with E-state index in [-0.39, 0.29) is 0 Å². The van der Waals surface area contributed by atoms with Gasteiger partial charge in [0.05, 0.1) is 0 Å². The molecule has 0 aliphatic carbocycles. The maximum Gasteiger partial charge on any atom is 0.128 e. The van der Waals surface area contributed by atoms with Gasteiger partial charge >= 0.3 is 0 Å². The molecule has 1 saturated heterocycles. The van der Waals surface area contributed by atoms with Gasteiger partial charge in [-0.25, -0.2) is 4.98 Å². The normalized spacial score (nSPS) is 14.4. The van der Waals surface area contributed by atoms with Crippen LogP contribution in [-0.2, 0) is 6.54 Å². The number of pyridine rings is 1. The van der Waals surface area contributed by atoms with Crippen molar-refractivity contribution in [2.45, 2.75) is 6.54 Å². The molecule has 0 atom stereocenters. The minimum Gasteiger partial charge on any atom is -0.399 e. The first kappa shape index (κ1) is 18.1. The van der Waals surface area contributed by atoms with E-state index in [0.717, 1.165) is 55.4 Å². The summed E-state index contributed by atoms with van der Waals surface area (Å²) in [5.41, 5.74) is 9.84. The Morgan fingerprint density at radius 1 is 0.821 bits per heavy atom. The molecule has 1 aliphatic heterocycles. The molecule has 4 rings (SSSR count). The highest BCUT2D eigenvalue weighted by molar-refractivity contribution is 5.50. The molecule has 2 aromatic carbocycles. The quantitative estimate of drug-likeness (QED) is 0.569. The zero-order valence-electron chi connectivity index (χ0n) is 15.9. The van der Waals surface area contributed by atoms with Gasteiger partial charge < -0.3 is 10.6 Å². The molecule has 0 spiro atoms. The van der Waals surface area contributed by atoms with E-state index in [9.17, 15) is 0 Å². The zero-order valence-corrected chi connectivity index (χ0v) is 15.9. The molecule has 0 radical (unpaired) electrons. The van der Waals surface area contributed by atoms with E-state index >= 15 is 0 Å². The maximum absolute atomic E-state index is 5.82. The first-order chi connectivity index (χ1) is 13.8. The maximum atomic E-state index is 5.82. The number of aromatic nitrogens is 1. The summed E-state index contributed by atoms with van der Waals surface area (Å²) in [7, 11) is 0. The van der Waals surface area contributed by atoms with Crippen molar-refractivity contribution in [3.8, 4) is 11.8 Å². The molecule has 2 heterocycles. The molecular formula is C24H24N4. The lowest BCUT2D eigenvalue weighted by atomic mass is 10.1. The van der Waals surface area contributed by atoms with Crippen molar-refractivity contribution >= 4 is 11.5 Å². The van der Waals surface area contributed by atoms with E-state index in [0.29, 0.717) is 0 Å². The molecule has 4 heteroatoms. The van der Waals surface area contributed by atoms with E-state index in [4.69, 9.17) is 5.73 Å². The van der Waals surface area contributed by atoms with Gasteiger partial charge in [-0.05, 0) is 48.0 Å². The second-order valence-electron chi connectivity index (χ2n) is 7.03. The largest absolute Gasteiger partial charge is 0.399 e. The smallest absolute Gasteiger partial charge is 0.128 e. The van der Waals surface area contributed by atoms with Gasteiger partial charge in [-0.2, -0.15) is 0 Å². The summed E-state index contributed by atoms with van der Waals surface area (Å²) in [6.45, 7) is 5.04. The van der Waals surface area contributed by atoms with Gasteiger partial charge in [0.2, 0.25) is 0 Å². The van der Waals surface area contributed by atoms with E-state index in [1.165, 1.54) is 5.56 Å². The summed E-state index contributed by atoms with van der Waals surface area (Å²) in [6, 6.07) is 22.3. The van der Waals surface area contributed by atoms with Crippen molar-refractivity contribution in [1.29, 1.82) is 0 Å². The highest BCUT2D eigenvalue weighted by Gasteiger charge is 2.17. The summed E-state index contributed by atoms with van der Waals surface area (Å²) in [5.74, 6) is 7.52. The SMILES string of the molecule is Nc1cccc(C#Cc2cccc(CN3CCN(c4ccccn4)CC3)c2)c1. The second-order valence-corrected chi connectivity index (χ2v) is 7.03. The topological polar surface area (TPSA) is 45.4 Å². The number of hydrogen-bond acceptors (Lipinski definition) is 4. The number of hydrogen-bond donors (Lipinski definition) is 1. The molecule has 4 nitrogen and oxygen atoms in total. The number of rotatable bonds is 3. The van der Waals surface area contributed by atoms with Crippen LogP contribution in [0.5, 0.6) is 0 Å². The highest BCUT2D eigenvalue weighted by Crippen LogP contribution is 2.15. The summed E-state index contributed by atoms with van der Waals surface area (Å²) in [5, 5.41) is 0. The van der Waals surface area contributed by atoms with Crippen LogP contribution in [0.4, 0.5) is 11.5 Å². The summed E-state index contributed by atoms with van der Waals surface area (Å²) >= 11 is 0. The highest BCUT2D eigenvalue weighted by atomic mass is 15.3. The van der Waals surface area contributed by atoms with Gasteiger partial charge in [0.15, 0.2) is 0 Å². The predicted molar refractivity (Wildman–Crippen MR) is 115 cm³/mol. The monoisotopic (exact) mass is 368 g/mol. The fourth-order valence-corrected chi connectivity index (χ4v) is 3.44. The van der Waals surface area contributed by atoms with Gasteiger partial charge in [-0.3, -0.25) is 4.90 Å². The van der Waals surface area contributed by atoms with Crippen LogP contribution in [0.1, 0.15) is 16.7 Å². The number of nitrogens with zero attached hydrogens (tertiary/aromatic N) is 3. The molecule has 0 amide bonds. The number of piperazine rings is 1. The average Bonchev–Trinajstić information content (AvgIpc) is 2.74. The van der Waals surface area contributed by atoms with E-state index < -0.39 is 0 Å². The van der Waals surface area contributed by atoms with Crippen molar-refractivity contribution in [2.24, 2.45) is 0 Å². The molecule has 1 aliphatic rings. The third-order valence-electron chi connectivity index (χ3n) is 4.92. The molecule has 1 fully saturated rings. The van der Waals surface area contributed by atoms with Gasteiger partial charge in [0, 0.05) is 55.7 Å². The predicted octanol–water partition coefficient (Wildman–Crippen LogP) is 3.39. The second kappa shape index (κ2) is 8.60. The molecule has 2 N–H and O–H groups in total. The summed E-state index contributed by atoms with van der Waals surface area (Å²) < 4.78 is 0. The zero-order chi connectivity index (χ0) is 19.2. The Morgan fingerprint density at radius 3 is 2.29 bits per heavy atom. The van der Waals surface area contributed by atoms with Crippen LogP contribution >= 0.6 is 0 Å². The van der Waals surface area contributed by atoms with Gasteiger partial charge in [0.1, 0.15) is 5.82 Å². The lowest BCUT2D eigenvalue weighted by Gasteiger charge is -2.35. The van der Waals surface area contributed by atoms with Gasteiger partial charge in [-0.1, -0.05) is 36.1 Å². The van der Waals surface area contributed by atoms with E-state index in [1.54, 1.807) is 0 Å². The van der Waals surface area contributed by atoms with Crippen molar-refractivity contribution < 1.29 is 0 Å². The third-order valence-corrected chi connectivity index (χ3v) is 4.92. The fourth-order valence-electron chi connectivity index (χ4n) is 3.44. The Bertz CT molecular complexity index is 980. The van der Waals surface area contributed by atoms with Crippen LogP contribution in [0.3, 0.4) is 0 Å². The fraction of sp³-hybridized carbons (Fsp3) is 0.208. The number of anilines is 2. The Morgan fingerprint density at radius 2 is 1.57 bits per heavy atom. The van der Waals surface area contributed by atoms with Crippen LogP contribution in [0.2, 0.25) is 0 Å². The van der Waals surface area contributed by atoms with E-state index in [2.05, 4.69) is 57.0 Å². The first-order valence-corrected chi connectivity index (χ1v) is 9.61. The molecule has 28 heavy (non-hydrogen) atoms. The molecule has 0 bridgehead atoms. The van der Waals surface area contributed by atoms with Gasteiger partial charge in [0.25, 0.3) is 0 Å². The Balaban J connectivity index is 1.37. The number of nitrogen functional groups attached to an aromatic ring is 1. The number of benzene rings is 2. The van der Waals surface area contributed by atoms with Crippen LogP contribution < -0.4 is 10.6 Å². The summed E-state index contributed by atoms with van der Waals surface area (Å²) in [6.07, 6.45) is 1.86. The molecule has 1 aromatic heterocycles. The number of nitrogens with two attached hydrogens (primary N) is 1. The van der Waals surface area contributed by atoms with Crippen molar-refractivity contribution in [3.63, 3.8) is 0 Å². The molecular weight excluding hydrogens is 344 g/mol.